The van der Waals surface area contributed by atoms with Crippen molar-refractivity contribution in [2.24, 2.45) is 5.73 Å². The van der Waals surface area contributed by atoms with Crippen LogP contribution in [0.15, 0.2) is 77.3 Å². The summed E-state index contributed by atoms with van der Waals surface area (Å²) in [5.74, 6) is 0.0469. The van der Waals surface area contributed by atoms with Crippen LogP contribution in [0.4, 0.5) is 4.79 Å². The molecule has 0 fully saturated rings. The number of nitrogens with one attached hydrogen (secondary N) is 2. The Balaban J connectivity index is 0.000000525. The first-order valence-electron chi connectivity index (χ1n) is 14.1. The number of aromatic nitrogens is 2. The van der Waals surface area contributed by atoms with E-state index in [9.17, 15) is 14.4 Å². The average Bonchev–Trinajstić information content (AvgIpc) is 3.51. The third-order valence-corrected chi connectivity index (χ3v) is 7.02. The summed E-state index contributed by atoms with van der Waals surface area (Å²) >= 11 is 11.9. The number of benzene rings is 3. The van der Waals surface area contributed by atoms with Crippen LogP contribution in [0.3, 0.4) is 0 Å². The van der Waals surface area contributed by atoms with Gasteiger partial charge in [-0.25, -0.2) is 4.79 Å². The highest BCUT2D eigenvalue weighted by molar-refractivity contribution is 6.42. The number of ketones is 1. The number of amides is 2. The Morgan fingerprint density at radius 2 is 1.71 bits per heavy atom. The number of nitrogens with two attached hydrogens (primary N) is 1. The zero-order valence-electron chi connectivity index (χ0n) is 24.7. The summed E-state index contributed by atoms with van der Waals surface area (Å²) in [6, 6.07) is 21.1. The maximum Gasteiger partial charge on any atom is 0.412 e. The molecule has 1 unspecified atom stereocenters. The fourth-order valence-electron chi connectivity index (χ4n) is 4.01. The van der Waals surface area contributed by atoms with Crippen molar-refractivity contribution in [3.8, 4) is 5.75 Å². The number of methoxy groups -OCH3 is 1. The van der Waals surface area contributed by atoms with Gasteiger partial charge in [-0.2, -0.15) is 4.98 Å². The van der Waals surface area contributed by atoms with Gasteiger partial charge in [0.15, 0.2) is 0 Å². The molecule has 0 aliphatic heterocycles. The van der Waals surface area contributed by atoms with E-state index in [-0.39, 0.29) is 24.7 Å². The van der Waals surface area contributed by atoms with E-state index in [1.165, 1.54) is 5.56 Å². The molecule has 1 aromatic heterocycles. The average molecular weight is 657 g/mol. The molecule has 1 atom stereocenters. The largest absolute Gasteiger partial charge is 0.412 e. The molecule has 3 aromatic carbocycles. The molecule has 4 N–H and O–H groups in total. The number of hydrogen-bond acceptors (Lipinski definition) is 9. The molecule has 1 heterocycles. The van der Waals surface area contributed by atoms with Crippen molar-refractivity contribution >= 4 is 41.5 Å². The summed E-state index contributed by atoms with van der Waals surface area (Å²) < 4.78 is 15.4. The van der Waals surface area contributed by atoms with Crippen LogP contribution in [0.1, 0.15) is 52.5 Å². The number of Topliss-reactive ketones (excluding diaryl/α,β-unsaturated/α-hetero) is 1. The van der Waals surface area contributed by atoms with Gasteiger partial charge in [-0.1, -0.05) is 76.9 Å². The van der Waals surface area contributed by atoms with E-state index in [1.807, 2.05) is 30.3 Å². The molecule has 0 bridgehead atoms. The van der Waals surface area contributed by atoms with E-state index in [4.69, 9.17) is 42.9 Å². The van der Waals surface area contributed by atoms with Gasteiger partial charge >= 0.3 is 6.09 Å². The summed E-state index contributed by atoms with van der Waals surface area (Å²) in [5, 5.41) is 9.71. The van der Waals surface area contributed by atoms with Gasteiger partial charge in [-0.15, -0.1) is 0 Å². The minimum atomic E-state index is -0.737. The molecule has 0 saturated heterocycles. The number of unbranched alkanes of at least 4 members (excludes halogenated alkanes) is 1. The number of hydrogen-bond donors (Lipinski definition) is 3. The lowest BCUT2D eigenvalue weighted by molar-refractivity contribution is -0.110. The van der Waals surface area contributed by atoms with Gasteiger partial charge in [-0.05, 0) is 66.8 Å². The Kier molecular flexibility index (Phi) is 15.0. The van der Waals surface area contributed by atoms with Crippen molar-refractivity contribution < 1.29 is 28.4 Å². The third kappa shape index (κ3) is 12.3. The molecular formula is C32H35Cl2N5O6. The Hall–Kier alpha value is -4.29. The molecule has 2 amide bonds. The van der Waals surface area contributed by atoms with Crippen LogP contribution in [0.2, 0.25) is 10.0 Å². The van der Waals surface area contributed by atoms with Gasteiger partial charge in [0.25, 0.3) is 0 Å². The molecular weight excluding hydrogens is 621 g/mol. The van der Waals surface area contributed by atoms with E-state index in [1.54, 1.807) is 49.6 Å². The quantitative estimate of drug-likeness (QED) is 0.0852. The molecule has 238 valence electrons. The van der Waals surface area contributed by atoms with Crippen LogP contribution in [0.25, 0.3) is 0 Å². The SMILES string of the molecule is COCc1ccccc1.NCCCCC(NC=O)C(=O)c1noc(Cc2ccc(OC(=O)NCc3ccc(Cl)c(Cl)c3)cc2)n1. The van der Waals surface area contributed by atoms with Gasteiger partial charge < -0.3 is 30.4 Å². The summed E-state index contributed by atoms with van der Waals surface area (Å²) in [5.41, 5.74) is 8.28. The Morgan fingerprint density at radius 1 is 0.978 bits per heavy atom. The highest BCUT2D eigenvalue weighted by atomic mass is 35.5. The van der Waals surface area contributed by atoms with E-state index < -0.39 is 17.9 Å². The minimum Gasteiger partial charge on any atom is -0.410 e. The fraction of sp³-hybridized carbons (Fsp3) is 0.281. The van der Waals surface area contributed by atoms with Crippen molar-refractivity contribution in [3.63, 3.8) is 0 Å². The molecule has 11 nitrogen and oxygen atoms in total. The number of ether oxygens (including phenoxy) is 2. The molecule has 4 rings (SSSR count). The summed E-state index contributed by atoms with van der Waals surface area (Å²) in [7, 11) is 1.70. The number of nitrogens with zero attached hydrogens (tertiary/aromatic N) is 2. The standard InChI is InChI=1S/C24H25Cl2N5O5.C8H10O/c25-18-9-6-16(11-19(18)26)13-28-24(34)35-17-7-4-15(5-8-17)12-21-30-23(31-36-21)22(33)20(29-14-32)3-1-2-10-27;1-9-7-8-5-3-2-4-6-8/h4-9,11,14,20H,1-3,10,12-13,27H2,(H,28,34)(H,29,32);2-6H,7H2,1H3. The van der Waals surface area contributed by atoms with E-state index >= 15 is 0 Å². The maximum absolute atomic E-state index is 12.6. The van der Waals surface area contributed by atoms with E-state index in [2.05, 4.69) is 20.8 Å². The van der Waals surface area contributed by atoms with Crippen LogP contribution < -0.4 is 21.1 Å². The van der Waals surface area contributed by atoms with Crippen LogP contribution >= 0.6 is 23.2 Å². The summed E-state index contributed by atoms with van der Waals surface area (Å²) in [6.45, 7) is 1.44. The molecule has 13 heteroatoms. The number of carbonyl (C=O) groups excluding carboxylic acids is 3. The Morgan fingerprint density at radius 3 is 2.38 bits per heavy atom. The van der Waals surface area contributed by atoms with Gasteiger partial charge in [0.1, 0.15) is 5.75 Å². The van der Waals surface area contributed by atoms with Gasteiger partial charge in [-0.3, -0.25) is 9.59 Å². The van der Waals surface area contributed by atoms with Gasteiger partial charge in [0.05, 0.1) is 29.1 Å². The lowest BCUT2D eigenvalue weighted by Crippen LogP contribution is -2.36. The normalized spacial score (nSPS) is 11.1. The number of halogens is 2. The van der Waals surface area contributed by atoms with Crippen LogP contribution in [-0.2, 0) is 29.1 Å². The van der Waals surface area contributed by atoms with Crippen molar-refractivity contribution in [2.75, 3.05) is 13.7 Å². The van der Waals surface area contributed by atoms with Crippen molar-refractivity contribution in [1.29, 1.82) is 0 Å². The highest BCUT2D eigenvalue weighted by Crippen LogP contribution is 2.22. The second kappa shape index (κ2) is 19.2. The molecule has 0 aliphatic carbocycles. The first kappa shape index (κ1) is 35.2. The third-order valence-electron chi connectivity index (χ3n) is 6.29. The highest BCUT2D eigenvalue weighted by Gasteiger charge is 2.24. The second-order valence-corrected chi connectivity index (χ2v) is 10.5. The zero-order valence-corrected chi connectivity index (χ0v) is 26.2. The molecule has 4 aromatic rings. The summed E-state index contributed by atoms with van der Waals surface area (Å²) in [6.07, 6.45) is 1.97. The minimum absolute atomic E-state index is 0.101. The molecule has 0 aliphatic rings. The summed E-state index contributed by atoms with van der Waals surface area (Å²) in [4.78, 5) is 39.7. The number of carbonyl (C=O) groups is 3. The lowest BCUT2D eigenvalue weighted by Gasteiger charge is -2.12. The zero-order chi connectivity index (χ0) is 32.4. The van der Waals surface area contributed by atoms with Crippen molar-refractivity contribution in [3.05, 3.63) is 111 Å². The van der Waals surface area contributed by atoms with Crippen molar-refractivity contribution in [1.82, 2.24) is 20.8 Å². The van der Waals surface area contributed by atoms with E-state index in [0.29, 0.717) is 48.2 Å². The van der Waals surface area contributed by atoms with Crippen LogP contribution in [0.5, 0.6) is 5.75 Å². The predicted octanol–water partition coefficient (Wildman–Crippen LogP) is 5.52. The van der Waals surface area contributed by atoms with E-state index in [0.717, 1.165) is 17.5 Å². The first-order chi connectivity index (χ1) is 21.8. The Labute approximate surface area is 271 Å². The molecule has 0 saturated carbocycles. The van der Waals surface area contributed by atoms with Crippen molar-refractivity contribution in [2.45, 2.75) is 44.9 Å². The van der Waals surface area contributed by atoms with Gasteiger partial charge in [0.2, 0.25) is 23.9 Å². The van der Waals surface area contributed by atoms with Crippen LogP contribution in [0, 0.1) is 0 Å². The second-order valence-electron chi connectivity index (χ2n) is 9.73. The van der Waals surface area contributed by atoms with Crippen LogP contribution in [-0.4, -0.2) is 48.1 Å². The smallest absolute Gasteiger partial charge is 0.410 e. The topological polar surface area (TPSA) is 159 Å². The molecule has 0 spiro atoms. The first-order valence-corrected chi connectivity index (χ1v) is 14.9. The predicted molar refractivity (Wildman–Crippen MR) is 170 cm³/mol. The monoisotopic (exact) mass is 655 g/mol. The molecule has 0 radical (unpaired) electrons. The molecule has 45 heavy (non-hydrogen) atoms. The fourth-order valence-corrected chi connectivity index (χ4v) is 4.33. The Bertz CT molecular complexity index is 1500. The van der Waals surface area contributed by atoms with Gasteiger partial charge in [0, 0.05) is 13.7 Å². The maximum atomic E-state index is 12.6. The number of rotatable bonds is 15. The lowest BCUT2D eigenvalue weighted by atomic mass is 10.1.